The Labute approximate surface area is 355 Å². The molecule has 1 fully saturated rings. The first-order chi connectivity index (χ1) is 28.5. The van der Waals surface area contributed by atoms with Crippen molar-refractivity contribution >= 4 is 56.3 Å². The highest BCUT2D eigenvalue weighted by molar-refractivity contribution is 7.72. The Morgan fingerprint density at radius 1 is 0.783 bits per heavy atom. The van der Waals surface area contributed by atoms with Crippen LogP contribution in [0, 0.1) is 29.1 Å². The quantitative estimate of drug-likeness (QED) is 0.0349. The molecule has 4 rings (SSSR count). The minimum absolute atomic E-state index is 0.0301. The van der Waals surface area contributed by atoms with Crippen molar-refractivity contribution in [1.29, 1.82) is 0 Å². The molecule has 0 spiro atoms. The Morgan fingerprint density at radius 3 is 1.75 bits per heavy atom. The lowest BCUT2D eigenvalue weighted by Crippen LogP contribution is -2.54. The average molecular weight is 929 g/mol. The van der Waals surface area contributed by atoms with Crippen LogP contribution in [-0.4, -0.2) is 73.8 Å². The fraction of sp³-hybridized carbons (Fsp3) is 0.436. The molecule has 60 heavy (non-hydrogen) atoms. The zero-order valence-corrected chi connectivity index (χ0v) is 36.5. The number of rotatable bonds is 21. The summed E-state index contributed by atoms with van der Waals surface area (Å²) in [6.07, 6.45) is 1.35. The van der Waals surface area contributed by atoms with Crippen molar-refractivity contribution in [3.05, 3.63) is 104 Å². The van der Waals surface area contributed by atoms with E-state index in [1.165, 1.54) is 4.90 Å². The Kier molecular flexibility index (Phi) is 18.6. The van der Waals surface area contributed by atoms with Gasteiger partial charge < -0.3 is 33.0 Å². The van der Waals surface area contributed by atoms with E-state index >= 15 is 0 Å². The van der Waals surface area contributed by atoms with Crippen molar-refractivity contribution in [2.75, 3.05) is 39.5 Å². The van der Waals surface area contributed by atoms with E-state index in [9.17, 15) is 40.7 Å². The van der Waals surface area contributed by atoms with Gasteiger partial charge in [0.15, 0.2) is 23.3 Å². The van der Waals surface area contributed by atoms with Gasteiger partial charge in [0.2, 0.25) is 23.2 Å². The van der Waals surface area contributed by atoms with E-state index in [1.807, 2.05) is 0 Å². The van der Waals surface area contributed by atoms with Gasteiger partial charge in [-0.3, -0.25) is 24.0 Å². The molecule has 21 heteroatoms. The van der Waals surface area contributed by atoms with Crippen LogP contribution in [0.15, 0.2) is 48.5 Å². The second kappa shape index (κ2) is 22.6. The van der Waals surface area contributed by atoms with Crippen molar-refractivity contribution in [3.8, 4) is 5.75 Å². The molecule has 2 N–H and O–H groups in total. The summed E-state index contributed by atoms with van der Waals surface area (Å²) in [5, 5.41) is 6.43. The smallest absolute Gasteiger partial charge is 0.359 e. The number of likely N-dealkylation sites (tertiary alicyclic amines) is 1. The molecule has 0 aliphatic carbocycles. The van der Waals surface area contributed by atoms with E-state index in [0.717, 1.165) is 0 Å². The highest BCUT2D eigenvalue weighted by Gasteiger charge is 2.52. The van der Waals surface area contributed by atoms with Crippen molar-refractivity contribution in [2.24, 2.45) is 0 Å². The largest absolute Gasteiger partial charge is 0.489 e. The molecule has 2 amide bonds. The number of carbonyl (C=O) groups excluding carboxylic acids is 2. The van der Waals surface area contributed by atoms with Gasteiger partial charge in [0.1, 0.15) is 18.4 Å². The molecule has 1 atom stereocenters. The fourth-order valence-electron chi connectivity index (χ4n) is 6.26. The number of amides is 2. The lowest BCUT2D eigenvalue weighted by Gasteiger charge is -2.38. The molecule has 0 bridgehead atoms. The van der Waals surface area contributed by atoms with Crippen LogP contribution >= 0.6 is 38.4 Å². The predicted octanol–water partition coefficient (Wildman–Crippen LogP) is 9.40. The number of nitrogens with zero attached hydrogens (tertiary/aromatic N) is 1. The zero-order chi connectivity index (χ0) is 44.2. The first kappa shape index (κ1) is 49.3. The number of hydrogen-bond acceptors (Lipinski definition) is 10. The molecule has 1 unspecified atom stereocenters. The third-order valence-electron chi connectivity index (χ3n) is 9.09. The normalized spacial score (nSPS) is 14.6. The number of nitrogens with one attached hydrogen (secondary N) is 2. The lowest BCUT2D eigenvalue weighted by molar-refractivity contribution is -0.136. The van der Waals surface area contributed by atoms with Crippen LogP contribution in [0.3, 0.4) is 0 Å². The summed E-state index contributed by atoms with van der Waals surface area (Å²) in [6.45, 7) is 6.52. The lowest BCUT2D eigenvalue weighted by atomic mass is 10.0. The molecule has 3 aromatic rings. The topological polar surface area (TPSA) is 142 Å². The van der Waals surface area contributed by atoms with Crippen molar-refractivity contribution in [2.45, 2.75) is 71.2 Å². The van der Waals surface area contributed by atoms with Crippen LogP contribution in [0.1, 0.15) is 57.2 Å². The fourth-order valence-corrected chi connectivity index (χ4v) is 11.9. The minimum Gasteiger partial charge on any atom is -0.489 e. The monoisotopic (exact) mass is 927 g/mol. The summed E-state index contributed by atoms with van der Waals surface area (Å²) in [5.41, 5.74) is -1.73. The summed E-state index contributed by atoms with van der Waals surface area (Å²) < 4.78 is 126. The Balaban J connectivity index is 1.55. The van der Waals surface area contributed by atoms with E-state index < -0.39 is 79.3 Å². The predicted molar refractivity (Wildman–Crippen MR) is 216 cm³/mol. The van der Waals surface area contributed by atoms with Gasteiger partial charge in [-0.1, -0.05) is 41.4 Å². The van der Waals surface area contributed by atoms with Crippen LogP contribution in [0.4, 0.5) is 22.0 Å². The van der Waals surface area contributed by atoms with Crippen molar-refractivity contribution < 1.29 is 63.5 Å². The van der Waals surface area contributed by atoms with Gasteiger partial charge >= 0.3 is 15.2 Å². The van der Waals surface area contributed by atoms with Crippen LogP contribution in [0.5, 0.6) is 5.75 Å². The number of ether oxygens (including phenoxy) is 1. The number of halogens is 7. The third-order valence-corrected chi connectivity index (χ3v) is 15.5. The Hall–Kier alpha value is -3.37. The van der Waals surface area contributed by atoms with E-state index in [2.05, 4.69) is 10.6 Å². The zero-order valence-electron chi connectivity index (χ0n) is 33.2. The summed E-state index contributed by atoms with van der Waals surface area (Å²) in [6, 6.07) is 9.76. The molecule has 3 aromatic carbocycles. The molecule has 0 saturated carbocycles. The van der Waals surface area contributed by atoms with Gasteiger partial charge in [-0.25, -0.2) is 22.0 Å². The molecule has 330 valence electrons. The van der Waals surface area contributed by atoms with Crippen LogP contribution in [0.2, 0.25) is 10.0 Å². The maximum Gasteiger partial charge on any atom is 0.359 e. The van der Waals surface area contributed by atoms with Gasteiger partial charge in [0.25, 0.3) is 0 Å². The SMILES string of the molecule is CCOP(=O)(OCC)C(NC1CCN(C(=O)C(Cc2ccc(OCc3c(Cl)cccc3Cl)cc2)NC(=O)/C=C/c2c(F)c(F)c(F)c(F)c2F)CC1)P(=O)(OCC)OCC. The van der Waals surface area contributed by atoms with Crippen LogP contribution in [0.25, 0.3) is 6.08 Å². The molecule has 0 aromatic heterocycles. The second-order valence-corrected chi connectivity index (χ2v) is 18.6. The third kappa shape index (κ3) is 12.4. The maximum atomic E-state index is 14.3. The maximum absolute atomic E-state index is 14.3. The first-order valence-corrected chi connectivity index (χ1v) is 23.0. The van der Waals surface area contributed by atoms with Gasteiger partial charge in [0.05, 0.1) is 32.0 Å². The summed E-state index contributed by atoms with van der Waals surface area (Å²) in [4.78, 5) is 28.7. The van der Waals surface area contributed by atoms with Crippen molar-refractivity contribution in [1.82, 2.24) is 15.5 Å². The summed E-state index contributed by atoms with van der Waals surface area (Å²) in [7, 11) is -8.28. The number of piperidine rings is 1. The van der Waals surface area contributed by atoms with Gasteiger partial charge in [-0.05, 0) is 76.4 Å². The molecule has 1 aliphatic heterocycles. The van der Waals surface area contributed by atoms with Gasteiger partial charge in [0, 0.05) is 47.2 Å². The molecule has 12 nitrogen and oxygen atoms in total. The number of carbonyl (C=O) groups is 2. The highest BCUT2D eigenvalue weighted by Crippen LogP contribution is 2.69. The van der Waals surface area contributed by atoms with Crippen LogP contribution < -0.4 is 15.4 Å². The summed E-state index contributed by atoms with van der Waals surface area (Å²) in [5.74, 6) is -12.2. The summed E-state index contributed by atoms with van der Waals surface area (Å²) >= 11 is 12.5. The van der Waals surface area contributed by atoms with Gasteiger partial charge in [-0.15, -0.1) is 0 Å². The van der Waals surface area contributed by atoms with Crippen molar-refractivity contribution in [3.63, 3.8) is 0 Å². The number of benzene rings is 3. The van der Waals surface area contributed by atoms with Crippen LogP contribution in [-0.2, 0) is 49.8 Å². The van der Waals surface area contributed by atoms with E-state index in [-0.39, 0.29) is 65.4 Å². The Morgan fingerprint density at radius 2 is 1.27 bits per heavy atom. The molecule has 1 aliphatic rings. The molecule has 0 radical (unpaired) electrons. The van der Waals surface area contributed by atoms with E-state index in [4.69, 9.17) is 46.0 Å². The molecule has 1 saturated heterocycles. The highest BCUT2D eigenvalue weighted by atomic mass is 35.5. The van der Waals surface area contributed by atoms with Gasteiger partial charge in [-0.2, -0.15) is 0 Å². The van der Waals surface area contributed by atoms with E-state index in [0.29, 0.717) is 39.1 Å². The molecular weight excluding hydrogens is 882 g/mol. The molecular formula is C39H46Cl2F5N3O9P2. The van der Waals surface area contributed by atoms with E-state index in [1.54, 1.807) is 70.2 Å². The minimum atomic E-state index is -4.14. The standard InChI is InChI=1S/C39H46Cl2F5N3O9P2/c1-5-55-59(52,56-6-2)39(60(53,57-7-3)58-8-4)47-25-18-20-49(21-19-25)38(51)31(48-32(50)17-16-27-33(42)35(44)37(46)36(45)34(27)43)22-24-12-14-26(15-13-24)54-23-28-29(40)10-9-11-30(28)41/h9-17,25,31,39,47H,5-8,18-23H2,1-4H3,(H,48,50)/b17-16+. The average Bonchev–Trinajstić information content (AvgIpc) is 3.21. The molecule has 1 heterocycles. The first-order valence-electron chi connectivity index (χ1n) is 19.0. The Bertz CT molecular complexity index is 2000. The number of hydrogen-bond donors (Lipinski definition) is 2. The second-order valence-electron chi connectivity index (χ2n) is 13.1.